The number of hydrogen-bond acceptors (Lipinski definition) is 3. The van der Waals surface area contributed by atoms with Crippen molar-refractivity contribution in [2.45, 2.75) is 37.9 Å². The lowest BCUT2D eigenvalue weighted by Gasteiger charge is -2.34. The van der Waals surface area contributed by atoms with Crippen LogP contribution in [0.15, 0.2) is 0 Å². The van der Waals surface area contributed by atoms with E-state index in [1.54, 1.807) is 0 Å². The van der Waals surface area contributed by atoms with Gasteiger partial charge in [-0.3, -0.25) is 4.79 Å². The van der Waals surface area contributed by atoms with Gasteiger partial charge in [0.15, 0.2) is 0 Å². The summed E-state index contributed by atoms with van der Waals surface area (Å²) in [5, 5.41) is 0.644. The third kappa shape index (κ3) is 2.97. The van der Waals surface area contributed by atoms with Crippen LogP contribution in [-0.2, 0) is 4.79 Å². The molecule has 0 spiro atoms. The van der Waals surface area contributed by atoms with Gasteiger partial charge in [-0.25, -0.2) is 0 Å². The molecule has 2 N–H and O–H groups in total. The largest absolute Gasteiger partial charge is 0.341 e. The second-order valence-electron chi connectivity index (χ2n) is 5.22. The molecular weight excluding hydrogens is 232 g/mol. The monoisotopic (exact) mass is 256 g/mol. The first kappa shape index (κ1) is 13.2. The predicted molar refractivity (Wildman–Crippen MR) is 73.0 cm³/mol. The minimum Gasteiger partial charge on any atom is -0.341 e. The van der Waals surface area contributed by atoms with Gasteiger partial charge < -0.3 is 10.6 Å². The van der Waals surface area contributed by atoms with E-state index in [-0.39, 0.29) is 5.92 Å². The highest BCUT2D eigenvalue weighted by molar-refractivity contribution is 8.00. The topological polar surface area (TPSA) is 46.3 Å². The van der Waals surface area contributed by atoms with Crippen molar-refractivity contribution >= 4 is 17.7 Å². The lowest BCUT2D eigenvalue weighted by atomic mass is 9.94. The Labute approximate surface area is 108 Å². The van der Waals surface area contributed by atoms with Crippen molar-refractivity contribution < 1.29 is 4.79 Å². The van der Waals surface area contributed by atoms with Gasteiger partial charge in [-0.1, -0.05) is 13.3 Å². The summed E-state index contributed by atoms with van der Waals surface area (Å²) >= 11 is 2.01. The molecule has 2 aliphatic rings. The van der Waals surface area contributed by atoms with Crippen LogP contribution in [0, 0.1) is 11.8 Å². The molecule has 4 heteroatoms. The fraction of sp³-hybridized carbons (Fsp3) is 0.923. The summed E-state index contributed by atoms with van der Waals surface area (Å²) in [4.78, 5) is 14.6. The highest BCUT2D eigenvalue weighted by Crippen LogP contribution is 2.33. The SMILES string of the molecule is CCC1CN(C(=O)C2CCCC2CN)CCS1. The molecule has 1 aliphatic heterocycles. The average molecular weight is 256 g/mol. The highest BCUT2D eigenvalue weighted by Gasteiger charge is 2.36. The molecule has 3 nitrogen and oxygen atoms in total. The van der Waals surface area contributed by atoms with E-state index >= 15 is 0 Å². The summed E-state index contributed by atoms with van der Waals surface area (Å²) in [6.07, 6.45) is 4.55. The zero-order valence-corrected chi connectivity index (χ0v) is 11.5. The van der Waals surface area contributed by atoms with Crippen LogP contribution in [0.1, 0.15) is 32.6 Å². The number of nitrogens with zero attached hydrogens (tertiary/aromatic N) is 1. The van der Waals surface area contributed by atoms with Crippen LogP contribution in [0.2, 0.25) is 0 Å². The normalized spacial score (nSPS) is 34.0. The van der Waals surface area contributed by atoms with Gasteiger partial charge in [-0.05, 0) is 31.7 Å². The minimum absolute atomic E-state index is 0.223. The van der Waals surface area contributed by atoms with Crippen molar-refractivity contribution in [2.24, 2.45) is 17.6 Å². The van der Waals surface area contributed by atoms with E-state index in [9.17, 15) is 4.79 Å². The number of thioether (sulfide) groups is 1. The summed E-state index contributed by atoms with van der Waals surface area (Å²) in [5.74, 6) is 2.15. The van der Waals surface area contributed by atoms with Gasteiger partial charge >= 0.3 is 0 Å². The van der Waals surface area contributed by atoms with E-state index < -0.39 is 0 Å². The van der Waals surface area contributed by atoms with E-state index in [2.05, 4.69) is 11.8 Å². The summed E-state index contributed by atoms with van der Waals surface area (Å²) < 4.78 is 0. The van der Waals surface area contributed by atoms with Crippen LogP contribution >= 0.6 is 11.8 Å². The van der Waals surface area contributed by atoms with E-state index in [0.717, 1.165) is 31.7 Å². The van der Waals surface area contributed by atoms with Crippen LogP contribution in [0.3, 0.4) is 0 Å². The Morgan fingerprint density at radius 2 is 2.29 bits per heavy atom. The molecule has 0 aromatic carbocycles. The molecular formula is C13H24N2OS. The molecule has 3 unspecified atom stereocenters. The van der Waals surface area contributed by atoms with E-state index in [0.29, 0.717) is 23.6 Å². The zero-order valence-electron chi connectivity index (χ0n) is 10.7. The maximum absolute atomic E-state index is 12.5. The number of amides is 1. The van der Waals surface area contributed by atoms with Crippen LogP contribution in [0.5, 0.6) is 0 Å². The smallest absolute Gasteiger partial charge is 0.226 e. The molecule has 2 fully saturated rings. The number of nitrogens with two attached hydrogens (primary N) is 1. The van der Waals surface area contributed by atoms with E-state index in [1.165, 1.54) is 12.8 Å². The molecule has 1 saturated heterocycles. The van der Waals surface area contributed by atoms with Gasteiger partial charge in [-0.2, -0.15) is 11.8 Å². The van der Waals surface area contributed by atoms with Gasteiger partial charge in [0.1, 0.15) is 0 Å². The summed E-state index contributed by atoms with van der Waals surface area (Å²) in [6, 6.07) is 0. The number of rotatable bonds is 3. The van der Waals surface area contributed by atoms with Crippen molar-refractivity contribution in [1.29, 1.82) is 0 Å². The van der Waals surface area contributed by atoms with E-state index in [4.69, 9.17) is 5.73 Å². The van der Waals surface area contributed by atoms with Crippen molar-refractivity contribution in [3.05, 3.63) is 0 Å². The molecule has 0 radical (unpaired) electrons. The van der Waals surface area contributed by atoms with Crippen LogP contribution in [0.4, 0.5) is 0 Å². The van der Waals surface area contributed by atoms with Crippen molar-refractivity contribution in [1.82, 2.24) is 4.90 Å². The Morgan fingerprint density at radius 1 is 1.47 bits per heavy atom. The fourth-order valence-corrected chi connectivity index (χ4v) is 4.23. The molecule has 0 aromatic rings. The predicted octanol–water partition coefficient (Wildman–Crippen LogP) is 1.72. The molecule has 1 amide bonds. The second-order valence-corrected chi connectivity index (χ2v) is 6.63. The van der Waals surface area contributed by atoms with Gasteiger partial charge in [-0.15, -0.1) is 0 Å². The Bertz CT molecular complexity index is 272. The molecule has 0 aromatic heterocycles. The third-order valence-electron chi connectivity index (χ3n) is 4.18. The van der Waals surface area contributed by atoms with Gasteiger partial charge in [0, 0.05) is 30.0 Å². The maximum atomic E-state index is 12.5. The Morgan fingerprint density at radius 3 is 3.00 bits per heavy atom. The molecule has 98 valence electrons. The molecule has 0 bridgehead atoms. The Balaban J connectivity index is 1.94. The number of hydrogen-bond donors (Lipinski definition) is 1. The highest BCUT2D eigenvalue weighted by atomic mass is 32.2. The zero-order chi connectivity index (χ0) is 12.3. The van der Waals surface area contributed by atoms with Gasteiger partial charge in [0.2, 0.25) is 5.91 Å². The summed E-state index contributed by atoms with van der Waals surface area (Å²) in [5.41, 5.74) is 5.77. The van der Waals surface area contributed by atoms with Gasteiger partial charge in [0.25, 0.3) is 0 Å². The first-order valence-corrected chi connectivity index (χ1v) is 7.91. The molecule has 1 saturated carbocycles. The minimum atomic E-state index is 0.223. The first-order chi connectivity index (χ1) is 8.26. The number of carbonyl (C=O) groups excluding carboxylic acids is 1. The fourth-order valence-electron chi connectivity index (χ4n) is 3.05. The molecule has 1 aliphatic carbocycles. The second kappa shape index (κ2) is 6.10. The first-order valence-electron chi connectivity index (χ1n) is 6.86. The van der Waals surface area contributed by atoms with Crippen molar-refractivity contribution in [2.75, 3.05) is 25.4 Å². The Hall–Kier alpha value is -0.220. The van der Waals surface area contributed by atoms with Crippen LogP contribution in [-0.4, -0.2) is 41.4 Å². The van der Waals surface area contributed by atoms with Crippen molar-refractivity contribution in [3.8, 4) is 0 Å². The maximum Gasteiger partial charge on any atom is 0.226 e. The lowest BCUT2D eigenvalue weighted by molar-refractivity contribution is -0.136. The van der Waals surface area contributed by atoms with Crippen LogP contribution in [0.25, 0.3) is 0 Å². The lowest BCUT2D eigenvalue weighted by Crippen LogP contribution is -2.45. The Kier molecular flexibility index (Phi) is 4.74. The average Bonchev–Trinajstić information content (AvgIpc) is 2.86. The number of carbonyl (C=O) groups is 1. The quantitative estimate of drug-likeness (QED) is 0.836. The van der Waals surface area contributed by atoms with Crippen LogP contribution < -0.4 is 5.73 Å². The molecule has 2 rings (SSSR count). The molecule has 17 heavy (non-hydrogen) atoms. The molecule has 1 heterocycles. The van der Waals surface area contributed by atoms with Gasteiger partial charge in [0.05, 0.1) is 0 Å². The van der Waals surface area contributed by atoms with Crippen molar-refractivity contribution in [3.63, 3.8) is 0 Å². The standard InChI is InChI=1S/C13H24N2OS/c1-2-11-9-15(6-7-17-11)13(16)12-5-3-4-10(12)8-14/h10-12H,2-9,14H2,1H3. The summed E-state index contributed by atoms with van der Waals surface area (Å²) in [6.45, 7) is 4.78. The summed E-state index contributed by atoms with van der Waals surface area (Å²) in [7, 11) is 0. The molecule has 3 atom stereocenters. The van der Waals surface area contributed by atoms with E-state index in [1.807, 2.05) is 11.8 Å². The third-order valence-corrected chi connectivity index (χ3v) is 5.56.